The van der Waals surface area contributed by atoms with Crippen LogP contribution in [-0.4, -0.2) is 27.1 Å². The van der Waals surface area contributed by atoms with E-state index in [1.807, 2.05) is 0 Å². The van der Waals surface area contributed by atoms with Crippen molar-refractivity contribution in [1.29, 1.82) is 0 Å². The van der Waals surface area contributed by atoms with E-state index in [2.05, 4.69) is 14.9 Å². The van der Waals surface area contributed by atoms with E-state index in [9.17, 15) is 19.7 Å². The Balaban J connectivity index is 2.37. The first kappa shape index (κ1) is 9.31. The summed E-state index contributed by atoms with van der Waals surface area (Å²) in [5.41, 5.74) is -0.303. The van der Waals surface area contributed by atoms with Gasteiger partial charge in [0.1, 0.15) is 17.8 Å². The second kappa shape index (κ2) is 3.15. The standard InChI is InChI=1S/C7H5N3O5/c11-5-1-3(7(12)15-5)6-4(10(13)14)2-8-9-6/h2-3H,1H2,(H,8,9). The number of hydrogen-bond acceptors (Lipinski definition) is 6. The number of H-pyrrole nitrogens is 1. The van der Waals surface area contributed by atoms with Crippen LogP contribution in [0.4, 0.5) is 5.69 Å². The van der Waals surface area contributed by atoms with Crippen LogP contribution in [0.2, 0.25) is 0 Å². The molecule has 15 heavy (non-hydrogen) atoms. The largest absolute Gasteiger partial charge is 0.393 e. The number of cyclic esters (lactones) is 2. The third kappa shape index (κ3) is 1.45. The highest BCUT2D eigenvalue weighted by molar-refractivity contribution is 5.98. The van der Waals surface area contributed by atoms with Gasteiger partial charge in [-0.2, -0.15) is 5.10 Å². The molecule has 0 radical (unpaired) electrons. The van der Waals surface area contributed by atoms with Gasteiger partial charge in [-0.25, -0.2) is 0 Å². The molecule has 1 unspecified atom stereocenters. The summed E-state index contributed by atoms with van der Waals surface area (Å²) in [7, 11) is 0. The Morgan fingerprint density at radius 3 is 2.87 bits per heavy atom. The fourth-order valence-corrected chi connectivity index (χ4v) is 1.39. The molecular weight excluding hydrogens is 206 g/mol. The van der Waals surface area contributed by atoms with Crippen LogP contribution in [0, 0.1) is 10.1 Å². The Morgan fingerprint density at radius 2 is 2.33 bits per heavy atom. The summed E-state index contributed by atoms with van der Waals surface area (Å²) < 4.78 is 4.28. The number of esters is 2. The normalized spacial score (nSPS) is 20.4. The fourth-order valence-electron chi connectivity index (χ4n) is 1.39. The highest BCUT2D eigenvalue weighted by Crippen LogP contribution is 2.31. The summed E-state index contributed by atoms with van der Waals surface area (Å²) in [6, 6.07) is 0. The average Bonchev–Trinajstić information content (AvgIpc) is 2.71. The van der Waals surface area contributed by atoms with E-state index in [-0.39, 0.29) is 17.8 Å². The topological polar surface area (TPSA) is 115 Å². The van der Waals surface area contributed by atoms with Gasteiger partial charge in [-0.05, 0) is 0 Å². The molecule has 1 aromatic rings. The molecule has 0 aliphatic carbocycles. The minimum absolute atomic E-state index is 0.0100. The maximum atomic E-state index is 11.1. The molecule has 0 spiro atoms. The number of carbonyl (C=O) groups is 2. The van der Waals surface area contributed by atoms with Crippen LogP contribution in [-0.2, 0) is 14.3 Å². The fraction of sp³-hybridized carbons (Fsp3) is 0.286. The zero-order valence-corrected chi connectivity index (χ0v) is 7.30. The zero-order chi connectivity index (χ0) is 11.0. The van der Waals surface area contributed by atoms with Crippen LogP contribution >= 0.6 is 0 Å². The van der Waals surface area contributed by atoms with Crippen molar-refractivity contribution in [2.24, 2.45) is 0 Å². The third-order valence-electron chi connectivity index (χ3n) is 2.06. The van der Waals surface area contributed by atoms with Crippen LogP contribution in [0.5, 0.6) is 0 Å². The van der Waals surface area contributed by atoms with Crippen LogP contribution in [0.25, 0.3) is 0 Å². The van der Waals surface area contributed by atoms with Gasteiger partial charge in [-0.15, -0.1) is 0 Å². The molecule has 1 fully saturated rings. The molecule has 0 saturated carbocycles. The zero-order valence-electron chi connectivity index (χ0n) is 7.30. The van der Waals surface area contributed by atoms with Crippen LogP contribution < -0.4 is 0 Å². The molecule has 1 aliphatic rings. The Kier molecular flexibility index (Phi) is 1.96. The number of aromatic amines is 1. The lowest BCUT2D eigenvalue weighted by atomic mass is 10.0. The maximum Gasteiger partial charge on any atom is 0.323 e. The van der Waals surface area contributed by atoms with Crippen molar-refractivity contribution in [3.05, 3.63) is 22.0 Å². The van der Waals surface area contributed by atoms with Crippen LogP contribution in [0.3, 0.4) is 0 Å². The summed E-state index contributed by atoms with van der Waals surface area (Å²) >= 11 is 0. The van der Waals surface area contributed by atoms with Gasteiger partial charge in [0.25, 0.3) is 0 Å². The van der Waals surface area contributed by atoms with Gasteiger partial charge in [-0.3, -0.25) is 24.8 Å². The van der Waals surface area contributed by atoms with Crippen molar-refractivity contribution >= 4 is 17.6 Å². The molecule has 2 heterocycles. The molecule has 1 aromatic heterocycles. The van der Waals surface area contributed by atoms with Crippen molar-refractivity contribution in [3.8, 4) is 0 Å². The Labute approximate surface area is 82.4 Å². The second-order valence-corrected chi connectivity index (χ2v) is 2.98. The van der Waals surface area contributed by atoms with E-state index < -0.39 is 22.8 Å². The minimum Gasteiger partial charge on any atom is -0.393 e. The van der Waals surface area contributed by atoms with Gasteiger partial charge < -0.3 is 4.74 Å². The van der Waals surface area contributed by atoms with E-state index in [1.54, 1.807) is 0 Å². The van der Waals surface area contributed by atoms with Crippen molar-refractivity contribution in [1.82, 2.24) is 10.2 Å². The molecule has 0 bridgehead atoms. The lowest BCUT2D eigenvalue weighted by molar-refractivity contribution is -0.385. The Morgan fingerprint density at radius 1 is 1.60 bits per heavy atom. The molecule has 2 rings (SSSR count). The number of hydrogen-bond donors (Lipinski definition) is 1. The predicted molar refractivity (Wildman–Crippen MR) is 43.7 cm³/mol. The van der Waals surface area contributed by atoms with Crippen LogP contribution in [0.15, 0.2) is 6.20 Å². The van der Waals surface area contributed by atoms with Crippen molar-refractivity contribution in [2.45, 2.75) is 12.3 Å². The number of nitrogens with one attached hydrogen (secondary N) is 1. The van der Waals surface area contributed by atoms with Gasteiger partial charge in [0.05, 0.1) is 11.3 Å². The van der Waals surface area contributed by atoms with Gasteiger partial charge in [0, 0.05) is 0 Å². The van der Waals surface area contributed by atoms with E-state index in [4.69, 9.17) is 0 Å². The van der Waals surface area contributed by atoms with Crippen molar-refractivity contribution in [3.63, 3.8) is 0 Å². The lowest BCUT2D eigenvalue weighted by Gasteiger charge is -1.99. The summed E-state index contributed by atoms with van der Waals surface area (Å²) in [4.78, 5) is 31.8. The molecular formula is C7H5N3O5. The number of nitro groups is 1. The molecule has 0 aromatic carbocycles. The SMILES string of the molecule is O=C1CC(c2[nH]ncc2[N+](=O)[O-])C(=O)O1. The predicted octanol–water partition coefficient (Wildman–Crippen LogP) is -0.125. The average molecular weight is 211 g/mol. The molecule has 1 saturated heterocycles. The molecule has 8 heteroatoms. The third-order valence-corrected chi connectivity index (χ3v) is 2.06. The van der Waals surface area contributed by atoms with Crippen LogP contribution in [0.1, 0.15) is 18.0 Å². The number of ether oxygens (including phenoxy) is 1. The second-order valence-electron chi connectivity index (χ2n) is 2.98. The molecule has 1 N–H and O–H groups in total. The van der Waals surface area contributed by atoms with Gasteiger partial charge >= 0.3 is 17.6 Å². The molecule has 8 nitrogen and oxygen atoms in total. The van der Waals surface area contributed by atoms with Crippen molar-refractivity contribution < 1.29 is 19.2 Å². The Bertz CT molecular complexity index is 451. The first-order valence-corrected chi connectivity index (χ1v) is 4.01. The number of carbonyl (C=O) groups excluding carboxylic acids is 2. The first-order valence-electron chi connectivity index (χ1n) is 4.01. The van der Waals surface area contributed by atoms with E-state index >= 15 is 0 Å². The molecule has 1 aliphatic heterocycles. The first-order chi connectivity index (χ1) is 7.09. The number of nitrogens with zero attached hydrogens (tertiary/aromatic N) is 2. The van der Waals surface area contributed by atoms with E-state index in [1.165, 1.54) is 0 Å². The highest BCUT2D eigenvalue weighted by Gasteiger charge is 2.39. The summed E-state index contributed by atoms with van der Waals surface area (Å²) in [5, 5.41) is 16.3. The number of aromatic nitrogens is 2. The monoisotopic (exact) mass is 211 g/mol. The van der Waals surface area contributed by atoms with E-state index in [0.29, 0.717) is 0 Å². The Hall–Kier alpha value is -2.25. The van der Waals surface area contributed by atoms with Crippen molar-refractivity contribution in [2.75, 3.05) is 0 Å². The van der Waals surface area contributed by atoms with Gasteiger partial charge in [0.15, 0.2) is 0 Å². The molecule has 1 atom stereocenters. The van der Waals surface area contributed by atoms with Gasteiger partial charge in [0.2, 0.25) is 0 Å². The maximum absolute atomic E-state index is 11.1. The smallest absolute Gasteiger partial charge is 0.323 e. The van der Waals surface area contributed by atoms with E-state index in [0.717, 1.165) is 6.20 Å². The molecule has 78 valence electrons. The summed E-state index contributed by atoms with van der Waals surface area (Å²) in [5.74, 6) is -2.42. The summed E-state index contributed by atoms with van der Waals surface area (Å²) in [6.07, 6.45) is 0.799. The number of rotatable bonds is 2. The quantitative estimate of drug-likeness (QED) is 0.315. The highest BCUT2D eigenvalue weighted by atomic mass is 16.6. The molecule has 0 amide bonds. The summed E-state index contributed by atoms with van der Waals surface area (Å²) in [6.45, 7) is 0. The van der Waals surface area contributed by atoms with Gasteiger partial charge in [-0.1, -0.05) is 0 Å². The lowest BCUT2D eigenvalue weighted by Crippen LogP contribution is -2.08. The minimum atomic E-state index is -0.944.